The van der Waals surface area contributed by atoms with E-state index in [0.717, 1.165) is 16.8 Å². The normalized spacial score (nSPS) is 17.2. The average Bonchev–Trinajstić information content (AvgIpc) is 2.79. The molecule has 0 fully saturated rings. The maximum atomic E-state index is 12.4. The highest BCUT2D eigenvalue weighted by Gasteiger charge is 2.33. The quantitative estimate of drug-likeness (QED) is 0.645. The second-order valence-corrected chi connectivity index (χ2v) is 7.73. The smallest absolute Gasteiger partial charge is 0.337 e. The number of hydrogen-bond donors (Lipinski definition) is 2. The van der Waals surface area contributed by atoms with Gasteiger partial charge in [-0.3, -0.25) is 9.78 Å². The van der Waals surface area contributed by atoms with Crippen LogP contribution in [-0.4, -0.2) is 33.0 Å². The summed E-state index contributed by atoms with van der Waals surface area (Å²) in [4.78, 5) is 33.9. The van der Waals surface area contributed by atoms with Crippen LogP contribution < -0.4 is 10.2 Å². The molecule has 0 bridgehead atoms. The highest BCUT2D eigenvalue weighted by molar-refractivity contribution is 5.94. The summed E-state index contributed by atoms with van der Waals surface area (Å²) in [5.41, 5.74) is 3.79. The zero-order chi connectivity index (χ0) is 22.8. The first-order valence-corrected chi connectivity index (χ1v) is 10.1. The zero-order valence-corrected chi connectivity index (χ0v) is 17.6. The lowest BCUT2D eigenvalue weighted by Crippen LogP contribution is -2.43. The second-order valence-electron chi connectivity index (χ2n) is 7.73. The number of carboxylic acids is 1. The Morgan fingerprint density at radius 1 is 1.16 bits per heavy atom. The van der Waals surface area contributed by atoms with Crippen LogP contribution in [0, 0.1) is 11.3 Å². The van der Waals surface area contributed by atoms with Crippen molar-refractivity contribution in [2.24, 2.45) is 0 Å². The highest BCUT2D eigenvalue weighted by atomic mass is 16.4. The topological polar surface area (TPSA) is 119 Å². The monoisotopic (exact) mass is 427 g/mol. The largest absolute Gasteiger partial charge is 0.478 e. The van der Waals surface area contributed by atoms with Crippen LogP contribution in [0.5, 0.6) is 0 Å². The van der Waals surface area contributed by atoms with Gasteiger partial charge in [0.05, 0.1) is 22.9 Å². The number of aromatic carboxylic acids is 1. The molecule has 2 atom stereocenters. The summed E-state index contributed by atoms with van der Waals surface area (Å²) >= 11 is 0. The molecule has 3 heterocycles. The van der Waals surface area contributed by atoms with Crippen molar-refractivity contribution in [2.75, 3.05) is 10.2 Å². The SMILES string of the molecule is CC(=O)N1c2ccc(-c3ccc(C(=O)O)cn3)cc2[C@H](Nc2ccc(C#N)cn2)C[C@H]1C. The van der Waals surface area contributed by atoms with Gasteiger partial charge >= 0.3 is 5.97 Å². The molecule has 3 aromatic rings. The lowest BCUT2D eigenvalue weighted by molar-refractivity contribution is -0.117. The summed E-state index contributed by atoms with van der Waals surface area (Å²) in [5.74, 6) is -0.428. The van der Waals surface area contributed by atoms with Crippen molar-refractivity contribution < 1.29 is 14.7 Å². The molecule has 2 N–H and O–H groups in total. The van der Waals surface area contributed by atoms with E-state index in [4.69, 9.17) is 10.4 Å². The molecule has 4 rings (SSSR count). The van der Waals surface area contributed by atoms with Crippen LogP contribution in [-0.2, 0) is 4.79 Å². The summed E-state index contributed by atoms with van der Waals surface area (Å²) in [5, 5.41) is 21.5. The van der Waals surface area contributed by atoms with Crippen LogP contribution in [0.2, 0.25) is 0 Å². The van der Waals surface area contributed by atoms with Gasteiger partial charge in [0.25, 0.3) is 0 Å². The summed E-state index contributed by atoms with van der Waals surface area (Å²) in [6.45, 7) is 3.56. The van der Waals surface area contributed by atoms with E-state index in [2.05, 4.69) is 21.4 Å². The molecule has 32 heavy (non-hydrogen) atoms. The summed E-state index contributed by atoms with van der Waals surface area (Å²) in [7, 11) is 0. The molecule has 2 aromatic heterocycles. The van der Waals surface area contributed by atoms with E-state index < -0.39 is 5.97 Å². The average molecular weight is 427 g/mol. The van der Waals surface area contributed by atoms with E-state index in [9.17, 15) is 9.59 Å². The fourth-order valence-electron chi connectivity index (χ4n) is 4.05. The number of amides is 1. The van der Waals surface area contributed by atoms with Crippen LogP contribution in [0.1, 0.15) is 47.8 Å². The molecule has 0 saturated carbocycles. The third kappa shape index (κ3) is 4.01. The number of carboxylic acid groups (broad SMARTS) is 1. The van der Waals surface area contributed by atoms with E-state index in [-0.39, 0.29) is 23.6 Å². The molecule has 1 amide bonds. The van der Waals surface area contributed by atoms with Gasteiger partial charge in [-0.1, -0.05) is 6.07 Å². The third-order valence-electron chi connectivity index (χ3n) is 5.54. The van der Waals surface area contributed by atoms with Crippen LogP contribution in [0.3, 0.4) is 0 Å². The molecule has 160 valence electrons. The van der Waals surface area contributed by atoms with Crippen molar-refractivity contribution in [1.29, 1.82) is 5.26 Å². The standard InChI is InChI=1S/C24H21N5O3/c1-14-9-21(28-23-8-3-16(11-25)12-27-23)19-10-17(5-7-22(19)29(14)15(2)30)20-6-4-18(13-26-20)24(31)32/h3-8,10,12-14,21H,9H2,1-2H3,(H,27,28)(H,31,32)/t14-,21-/m1/s1. The molecular formula is C24H21N5O3. The van der Waals surface area contributed by atoms with Gasteiger partial charge in [0.15, 0.2) is 0 Å². The van der Waals surface area contributed by atoms with Crippen molar-refractivity contribution in [1.82, 2.24) is 9.97 Å². The lowest BCUT2D eigenvalue weighted by Gasteiger charge is -2.39. The predicted octanol–water partition coefficient (Wildman–Crippen LogP) is 4.01. The first-order chi connectivity index (χ1) is 15.4. The molecule has 0 aliphatic carbocycles. The number of carbonyl (C=O) groups is 2. The number of nitrogens with zero attached hydrogens (tertiary/aromatic N) is 4. The van der Waals surface area contributed by atoms with Crippen molar-refractivity contribution in [3.8, 4) is 17.3 Å². The molecule has 1 aliphatic rings. The number of nitrogens with one attached hydrogen (secondary N) is 1. The van der Waals surface area contributed by atoms with Gasteiger partial charge in [-0.15, -0.1) is 0 Å². The molecule has 0 radical (unpaired) electrons. The molecule has 1 aliphatic heterocycles. The second kappa shape index (κ2) is 8.47. The van der Waals surface area contributed by atoms with Crippen molar-refractivity contribution >= 4 is 23.4 Å². The molecule has 0 saturated heterocycles. The minimum absolute atomic E-state index is 0.0188. The zero-order valence-electron chi connectivity index (χ0n) is 17.6. The van der Waals surface area contributed by atoms with E-state index in [1.165, 1.54) is 18.5 Å². The van der Waals surface area contributed by atoms with Gasteiger partial charge in [0.1, 0.15) is 11.9 Å². The minimum Gasteiger partial charge on any atom is -0.478 e. The number of fused-ring (bicyclic) bond motifs is 1. The van der Waals surface area contributed by atoms with E-state index in [1.54, 1.807) is 30.0 Å². The predicted molar refractivity (Wildman–Crippen MR) is 119 cm³/mol. The Labute approximate surface area is 185 Å². The van der Waals surface area contributed by atoms with Crippen LogP contribution in [0.15, 0.2) is 54.9 Å². The highest BCUT2D eigenvalue weighted by Crippen LogP contribution is 2.40. The van der Waals surface area contributed by atoms with Crippen molar-refractivity contribution in [3.63, 3.8) is 0 Å². The fourth-order valence-corrected chi connectivity index (χ4v) is 4.05. The Kier molecular flexibility index (Phi) is 5.56. The van der Waals surface area contributed by atoms with Crippen LogP contribution in [0.4, 0.5) is 11.5 Å². The molecule has 8 heteroatoms. The van der Waals surface area contributed by atoms with E-state index in [1.807, 2.05) is 25.1 Å². The number of anilines is 2. The fraction of sp³-hybridized carbons (Fsp3) is 0.208. The first kappa shape index (κ1) is 21.0. The van der Waals surface area contributed by atoms with E-state index in [0.29, 0.717) is 23.5 Å². The Balaban J connectivity index is 1.74. The van der Waals surface area contributed by atoms with Crippen molar-refractivity contribution in [3.05, 3.63) is 71.5 Å². The van der Waals surface area contributed by atoms with E-state index >= 15 is 0 Å². The summed E-state index contributed by atoms with van der Waals surface area (Å²) in [6, 6.07) is 14.3. The molecule has 1 aromatic carbocycles. The maximum Gasteiger partial charge on any atom is 0.337 e. The number of aromatic nitrogens is 2. The minimum atomic E-state index is -1.03. The van der Waals surface area contributed by atoms with Gasteiger partial charge in [0.2, 0.25) is 5.91 Å². The molecular weight excluding hydrogens is 406 g/mol. The van der Waals surface area contributed by atoms with Gasteiger partial charge in [-0.2, -0.15) is 5.26 Å². The maximum absolute atomic E-state index is 12.4. The third-order valence-corrected chi connectivity index (χ3v) is 5.54. The molecule has 8 nitrogen and oxygen atoms in total. The summed E-state index contributed by atoms with van der Waals surface area (Å²) < 4.78 is 0. The van der Waals surface area contributed by atoms with Gasteiger partial charge in [-0.05, 0) is 55.3 Å². The summed E-state index contributed by atoms with van der Waals surface area (Å²) in [6.07, 6.45) is 3.52. The molecule has 0 spiro atoms. The van der Waals surface area contributed by atoms with Gasteiger partial charge in [-0.25, -0.2) is 9.78 Å². The number of carbonyl (C=O) groups excluding carboxylic acids is 1. The molecule has 0 unspecified atom stereocenters. The number of benzene rings is 1. The number of pyridine rings is 2. The lowest BCUT2D eigenvalue weighted by atomic mass is 9.89. The van der Waals surface area contributed by atoms with Crippen molar-refractivity contribution in [2.45, 2.75) is 32.4 Å². The first-order valence-electron chi connectivity index (χ1n) is 10.1. The Bertz CT molecular complexity index is 1220. The van der Waals surface area contributed by atoms with Gasteiger partial charge < -0.3 is 15.3 Å². The van der Waals surface area contributed by atoms with Gasteiger partial charge in [0, 0.05) is 36.6 Å². The Morgan fingerprint density at radius 3 is 2.56 bits per heavy atom. The Hall–Kier alpha value is -4.25. The van der Waals surface area contributed by atoms with Crippen LogP contribution >= 0.6 is 0 Å². The van der Waals surface area contributed by atoms with Crippen LogP contribution in [0.25, 0.3) is 11.3 Å². The number of nitriles is 1. The Morgan fingerprint density at radius 2 is 1.97 bits per heavy atom. The number of rotatable bonds is 4. The number of hydrogen-bond acceptors (Lipinski definition) is 6.